The van der Waals surface area contributed by atoms with Crippen molar-refractivity contribution in [2.75, 3.05) is 33.2 Å². The van der Waals surface area contributed by atoms with E-state index in [9.17, 15) is 4.79 Å². The molecule has 0 aromatic heterocycles. The predicted molar refractivity (Wildman–Crippen MR) is 66.2 cm³/mol. The fourth-order valence-electron chi connectivity index (χ4n) is 1.73. The van der Waals surface area contributed by atoms with Crippen LogP contribution in [0.25, 0.3) is 0 Å². The van der Waals surface area contributed by atoms with E-state index < -0.39 is 0 Å². The van der Waals surface area contributed by atoms with Crippen LogP contribution in [0.2, 0.25) is 0 Å². The van der Waals surface area contributed by atoms with Crippen molar-refractivity contribution in [3.05, 3.63) is 0 Å². The van der Waals surface area contributed by atoms with E-state index in [1.165, 1.54) is 0 Å². The Morgan fingerprint density at radius 2 is 1.87 bits per heavy atom. The summed E-state index contributed by atoms with van der Waals surface area (Å²) in [4.78, 5) is 16.3. The van der Waals surface area contributed by atoms with Crippen molar-refractivity contribution in [3.63, 3.8) is 0 Å². The molecule has 0 N–H and O–H groups in total. The van der Waals surface area contributed by atoms with Crippen LogP contribution in [0.1, 0.15) is 20.3 Å². The summed E-state index contributed by atoms with van der Waals surface area (Å²) in [6.07, 6.45) is 1.08. The Kier molecular flexibility index (Phi) is 5.06. The smallest absolute Gasteiger partial charge is 0.236 e. The first-order valence-corrected chi connectivity index (χ1v) is 6.55. The van der Waals surface area contributed by atoms with E-state index in [1.807, 2.05) is 4.90 Å². The third-order valence-corrected chi connectivity index (χ3v) is 4.30. The van der Waals surface area contributed by atoms with E-state index in [2.05, 4.69) is 41.7 Å². The standard InChI is InChI=1S/C11H21BrN2O/c1-9(2)10(12)11(15)14-6-4-5-13(3)7-8-14/h9-10H,4-8H2,1-3H3. The van der Waals surface area contributed by atoms with Crippen LogP contribution in [0.3, 0.4) is 0 Å². The van der Waals surface area contributed by atoms with Gasteiger partial charge in [-0.3, -0.25) is 4.79 Å². The second kappa shape index (κ2) is 5.85. The maximum Gasteiger partial charge on any atom is 0.236 e. The summed E-state index contributed by atoms with van der Waals surface area (Å²) in [6, 6.07) is 0. The summed E-state index contributed by atoms with van der Waals surface area (Å²) in [5, 5.41) is 0. The molecule has 4 heteroatoms. The summed E-state index contributed by atoms with van der Waals surface area (Å²) >= 11 is 3.48. The molecule has 0 saturated carbocycles. The molecule has 1 heterocycles. The molecule has 88 valence electrons. The Hall–Kier alpha value is -0.0900. The van der Waals surface area contributed by atoms with E-state index in [0.717, 1.165) is 32.6 Å². The van der Waals surface area contributed by atoms with Gasteiger partial charge in [-0.05, 0) is 25.9 Å². The first kappa shape index (κ1) is 13.0. The van der Waals surface area contributed by atoms with Crippen LogP contribution < -0.4 is 0 Å². The molecule has 0 aromatic rings. The summed E-state index contributed by atoms with van der Waals surface area (Å²) in [6.45, 7) is 7.99. The van der Waals surface area contributed by atoms with Crippen molar-refractivity contribution in [2.24, 2.45) is 5.92 Å². The lowest BCUT2D eigenvalue weighted by Crippen LogP contribution is -2.40. The zero-order valence-corrected chi connectivity index (χ0v) is 11.5. The molecule has 1 aliphatic heterocycles. The molecule has 1 unspecified atom stereocenters. The number of rotatable bonds is 2. The Labute approximate surface area is 101 Å². The Balaban J connectivity index is 2.52. The predicted octanol–water partition coefficient (Wildman–Crippen LogP) is 1.57. The molecule has 1 amide bonds. The molecular weight excluding hydrogens is 256 g/mol. The van der Waals surface area contributed by atoms with Gasteiger partial charge in [-0.1, -0.05) is 29.8 Å². The highest BCUT2D eigenvalue weighted by Crippen LogP contribution is 2.16. The summed E-state index contributed by atoms with van der Waals surface area (Å²) in [5.41, 5.74) is 0. The van der Waals surface area contributed by atoms with Gasteiger partial charge in [0.25, 0.3) is 0 Å². The molecule has 3 nitrogen and oxygen atoms in total. The van der Waals surface area contributed by atoms with Crippen molar-refractivity contribution in [2.45, 2.75) is 25.1 Å². The van der Waals surface area contributed by atoms with Crippen molar-refractivity contribution in [1.82, 2.24) is 9.80 Å². The highest BCUT2D eigenvalue weighted by Gasteiger charge is 2.25. The van der Waals surface area contributed by atoms with Gasteiger partial charge in [-0.2, -0.15) is 0 Å². The normalized spacial score (nSPS) is 21.5. The van der Waals surface area contributed by atoms with E-state index in [1.54, 1.807) is 0 Å². The largest absolute Gasteiger partial charge is 0.340 e. The Morgan fingerprint density at radius 3 is 2.47 bits per heavy atom. The third-order valence-electron chi connectivity index (χ3n) is 2.85. The number of carbonyl (C=O) groups excluding carboxylic acids is 1. The first-order chi connectivity index (χ1) is 7.02. The van der Waals surface area contributed by atoms with Gasteiger partial charge in [0, 0.05) is 19.6 Å². The van der Waals surface area contributed by atoms with E-state index in [4.69, 9.17) is 0 Å². The maximum atomic E-state index is 12.1. The van der Waals surface area contributed by atoms with Gasteiger partial charge >= 0.3 is 0 Å². The highest BCUT2D eigenvalue weighted by molar-refractivity contribution is 9.10. The molecule has 0 radical (unpaired) electrons. The molecule has 1 rings (SSSR count). The van der Waals surface area contributed by atoms with E-state index in [-0.39, 0.29) is 10.7 Å². The number of halogens is 1. The summed E-state index contributed by atoms with van der Waals surface area (Å²) in [5.74, 6) is 0.610. The first-order valence-electron chi connectivity index (χ1n) is 5.63. The Bertz CT molecular complexity index is 221. The van der Waals surface area contributed by atoms with Gasteiger partial charge in [0.1, 0.15) is 0 Å². The molecule has 1 aliphatic rings. The summed E-state index contributed by atoms with van der Waals surface area (Å²) < 4.78 is 0. The van der Waals surface area contributed by atoms with E-state index >= 15 is 0 Å². The number of carbonyl (C=O) groups is 1. The quantitative estimate of drug-likeness (QED) is 0.715. The fraction of sp³-hybridized carbons (Fsp3) is 0.909. The van der Waals surface area contributed by atoms with Crippen molar-refractivity contribution >= 4 is 21.8 Å². The van der Waals surface area contributed by atoms with Crippen LogP contribution in [-0.4, -0.2) is 53.8 Å². The zero-order valence-electron chi connectivity index (χ0n) is 9.87. The second-order valence-corrected chi connectivity index (χ2v) is 5.61. The molecule has 0 aliphatic carbocycles. The van der Waals surface area contributed by atoms with Crippen molar-refractivity contribution in [1.29, 1.82) is 0 Å². The minimum absolute atomic E-state index is 0.0269. The Morgan fingerprint density at radius 1 is 1.20 bits per heavy atom. The van der Waals surface area contributed by atoms with Crippen LogP contribution >= 0.6 is 15.9 Å². The summed E-state index contributed by atoms with van der Waals surface area (Å²) in [7, 11) is 2.11. The van der Waals surface area contributed by atoms with Gasteiger partial charge in [-0.15, -0.1) is 0 Å². The van der Waals surface area contributed by atoms with Gasteiger partial charge in [0.05, 0.1) is 4.83 Å². The average molecular weight is 277 g/mol. The monoisotopic (exact) mass is 276 g/mol. The molecule has 15 heavy (non-hydrogen) atoms. The lowest BCUT2D eigenvalue weighted by atomic mass is 10.1. The minimum Gasteiger partial charge on any atom is -0.340 e. The minimum atomic E-state index is -0.0269. The highest BCUT2D eigenvalue weighted by atomic mass is 79.9. The maximum absolute atomic E-state index is 12.1. The lowest BCUT2D eigenvalue weighted by molar-refractivity contribution is -0.131. The fourth-order valence-corrected chi connectivity index (χ4v) is 2.02. The number of likely N-dealkylation sites (N-methyl/N-ethyl adjacent to an activating group) is 1. The molecule has 1 fully saturated rings. The van der Waals surface area contributed by atoms with Gasteiger partial charge in [0.2, 0.25) is 5.91 Å². The van der Waals surface area contributed by atoms with E-state index in [0.29, 0.717) is 5.92 Å². The lowest BCUT2D eigenvalue weighted by Gasteiger charge is -2.25. The van der Waals surface area contributed by atoms with Gasteiger partial charge in [0.15, 0.2) is 0 Å². The average Bonchev–Trinajstić information content (AvgIpc) is 2.40. The number of hydrogen-bond acceptors (Lipinski definition) is 2. The topological polar surface area (TPSA) is 23.6 Å². The SMILES string of the molecule is CC(C)C(Br)C(=O)N1CCCN(C)CC1. The van der Waals surface area contributed by atoms with Crippen LogP contribution in [0.4, 0.5) is 0 Å². The molecule has 0 bridgehead atoms. The van der Waals surface area contributed by atoms with Gasteiger partial charge < -0.3 is 9.80 Å². The number of alkyl halides is 1. The van der Waals surface area contributed by atoms with Crippen LogP contribution in [0, 0.1) is 5.92 Å². The van der Waals surface area contributed by atoms with Gasteiger partial charge in [-0.25, -0.2) is 0 Å². The van der Waals surface area contributed by atoms with Crippen molar-refractivity contribution < 1.29 is 4.79 Å². The number of amides is 1. The molecule has 0 aromatic carbocycles. The molecule has 0 spiro atoms. The van der Waals surface area contributed by atoms with Crippen LogP contribution in [-0.2, 0) is 4.79 Å². The molecule has 1 saturated heterocycles. The molecule has 1 atom stereocenters. The number of hydrogen-bond donors (Lipinski definition) is 0. The van der Waals surface area contributed by atoms with Crippen LogP contribution in [0.15, 0.2) is 0 Å². The van der Waals surface area contributed by atoms with Crippen LogP contribution in [0.5, 0.6) is 0 Å². The third kappa shape index (κ3) is 3.76. The zero-order chi connectivity index (χ0) is 11.4. The van der Waals surface area contributed by atoms with Crippen molar-refractivity contribution in [3.8, 4) is 0 Å². The number of nitrogens with zero attached hydrogens (tertiary/aromatic N) is 2. The second-order valence-electron chi connectivity index (χ2n) is 4.63. The molecular formula is C11H21BrN2O.